The Labute approximate surface area is 41.0 Å². The third kappa shape index (κ3) is 5.36. The van der Waals surface area contributed by atoms with Crippen LogP contribution >= 0.6 is 0 Å². The summed E-state index contributed by atoms with van der Waals surface area (Å²) in [5.41, 5.74) is 0. The van der Waals surface area contributed by atoms with Crippen molar-refractivity contribution in [3.63, 3.8) is 0 Å². The van der Waals surface area contributed by atoms with Crippen molar-refractivity contribution in [3.05, 3.63) is 4.91 Å². The number of nitrogens with zero attached hydrogens (tertiary/aromatic N) is 1. The van der Waals surface area contributed by atoms with Crippen LogP contribution in [0, 0.1) is 4.91 Å². The highest BCUT2D eigenvalue weighted by molar-refractivity contribution is 4.41. The summed E-state index contributed by atoms with van der Waals surface area (Å²) in [5, 5.41) is 7.89. The van der Waals surface area contributed by atoms with E-state index in [0.717, 1.165) is 13.2 Å². The van der Waals surface area contributed by atoms with E-state index in [9.17, 15) is 0 Å². The maximum Gasteiger partial charge on any atom is 0.152 e. The summed E-state index contributed by atoms with van der Waals surface area (Å²) in [4.78, 5) is 8.11. The van der Waals surface area contributed by atoms with Crippen molar-refractivity contribution >= 4 is 0 Å². The van der Waals surface area contributed by atoms with E-state index in [0.29, 0.717) is 0 Å². The van der Waals surface area contributed by atoms with Crippen LogP contribution in [-0.2, 0) is 4.74 Å². The molecule has 1 fully saturated rings. The van der Waals surface area contributed by atoms with Crippen LogP contribution in [-0.4, -0.2) is 18.4 Å². The van der Waals surface area contributed by atoms with Gasteiger partial charge in [-0.05, 0) is 6.42 Å². The summed E-state index contributed by atoms with van der Waals surface area (Å²) in [7, 11) is 0. The molecule has 1 aliphatic heterocycles. The SMILES string of the molecule is C1COC1.O=NO. The predicted octanol–water partition coefficient (Wildman–Crippen LogP) is 0.549. The molecule has 1 saturated heterocycles. The van der Waals surface area contributed by atoms with Gasteiger partial charge in [-0.1, -0.05) is 0 Å². The Balaban J connectivity index is 0.000000110. The van der Waals surface area contributed by atoms with Crippen molar-refractivity contribution in [1.82, 2.24) is 0 Å². The molecule has 0 amide bonds. The summed E-state index contributed by atoms with van der Waals surface area (Å²) in [6.45, 7) is 2.00. The van der Waals surface area contributed by atoms with Crippen molar-refractivity contribution in [2.45, 2.75) is 6.42 Å². The van der Waals surface area contributed by atoms with E-state index in [4.69, 9.17) is 14.9 Å². The number of ether oxygens (including phenoxy) is 1. The molecule has 42 valence electrons. The third-order valence-corrected chi connectivity index (χ3v) is 0.577. The van der Waals surface area contributed by atoms with Crippen LogP contribution in [0.4, 0.5) is 0 Å². The number of hydrogen-bond donors (Lipinski definition) is 1. The molecule has 7 heavy (non-hydrogen) atoms. The van der Waals surface area contributed by atoms with Gasteiger partial charge in [-0.25, -0.2) is 0 Å². The van der Waals surface area contributed by atoms with E-state index in [1.54, 1.807) is 0 Å². The average Bonchev–Trinajstić information content (AvgIpc) is 1.27. The summed E-state index contributed by atoms with van der Waals surface area (Å²) in [6, 6.07) is 0. The molecule has 0 aromatic rings. The first-order chi connectivity index (χ1) is 3.41. The zero-order valence-electron chi connectivity index (χ0n) is 3.83. The lowest BCUT2D eigenvalue weighted by atomic mass is 10.4. The number of rotatable bonds is 0. The van der Waals surface area contributed by atoms with Gasteiger partial charge in [-0.2, -0.15) is 0 Å². The minimum absolute atomic E-state index is 1.00. The molecule has 0 aromatic heterocycles. The molecule has 1 N–H and O–H groups in total. The Morgan fingerprint density at radius 2 is 1.71 bits per heavy atom. The van der Waals surface area contributed by atoms with Crippen molar-refractivity contribution < 1.29 is 9.94 Å². The molecular weight excluding hydrogens is 98.0 g/mol. The fourth-order valence-electron chi connectivity index (χ4n) is 0.144. The monoisotopic (exact) mass is 105 g/mol. The van der Waals surface area contributed by atoms with Gasteiger partial charge in [0.15, 0.2) is 5.34 Å². The van der Waals surface area contributed by atoms with E-state index in [2.05, 4.69) is 0 Å². The minimum Gasteiger partial charge on any atom is -0.381 e. The molecule has 0 radical (unpaired) electrons. The van der Waals surface area contributed by atoms with Crippen LogP contribution < -0.4 is 0 Å². The second kappa shape index (κ2) is 5.36. The molecule has 0 saturated carbocycles. The second-order valence-electron chi connectivity index (χ2n) is 1.05. The highest BCUT2D eigenvalue weighted by Gasteiger charge is 1.94. The smallest absolute Gasteiger partial charge is 0.152 e. The average molecular weight is 105 g/mol. The van der Waals surface area contributed by atoms with Crippen molar-refractivity contribution in [2.24, 2.45) is 5.34 Å². The summed E-state index contributed by atoms with van der Waals surface area (Å²) >= 11 is 0. The van der Waals surface area contributed by atoms with Gasteiger partial charge in [-0.15, -0.1) is 4.91 Å². The summed E-state index contributed by atoms with van der Waals surface area (Å²) in [6.07, 6.45) is 1.28. The first-order valence-electron chi connectivity index (χ1n) is 1.96. The predicted molar refractivity (Wildman–Crippen MR) is 23.0 cm³/mol. The molecule has 4 nitrogen and oxygen atoms in total. The van der Waals surface area contributed by atoms with E-state index >= 15 is 0 Å². The van der Waals surface area contributed by atoms with E-state index < -0.39 is 0 Å². The highest BCUT2D eigenvalue weighted by Crippen LogP contribution is 1.93. The standard InChI is InChI=1S/C3H6O.HNO2/c1-2-4-3-1;2-1-3/h1-3H2;(H,2,3). The second-order valence-corrected chi connectivity index (χ2v) is 1.05. The first kappa shape index (κ1) is 6.36. The van der Waals surface area contributed by atoms with Crippen LogP contribution in [0.5, 0.6) is 0 Å². The largest absolute Gasteiger partial charge is 0.381 e. The molecule has 1 rings (SSSR count). The van der Waals surface area contributed by atoms with Crippen LogP contribution in [0.2, 0.25) is 0 Å². The number of hydrogen-bond acceptors (Lipinski definition) is 3. The topological polar surface area (TPSA) is 58.9 Å². The molecule has 0 aliphatic carbocycles. The maximum absolute atomic E-state index is 8.11. The Bertz CT molecular complexity index is 39.4. The summed E-state index contributed by atoms with van der Waals surface area (Å²) in [5.74, 6) is 0. The van der Waals surface area contributed by atoms with Crippen molar-refractivity contribution in [3.8, 4) is 0 Å². The third-order valence-electron chi connectivity index (χ3n) is 0.577. The Morgan fingerprint density at radius 1 is 1.57 bits per heavy atom. The van der Waals surface area contributed by atoms with Gasteiger partial charge in [0.1, 0.15) is 0 Å². The molecule has 1 heterocycles. The Kier molecular flexibility index (Phi) is 4.87. The molecule has 1 aliphatic rings. The van der Waals surface area contributed by atoms with Crippen LogP contribution in [0.1, 0.15) is 6.42 Å². The molecule has 4 heteroatoms. The maximum atomic E-state index is 8.11. The van der Waals surface area contributed by atoms with Gasteiger partial charge < -0.3 is 9.94 Å². The van der Waals surface area contributed by atoms with Crippen LogP contribution in [0.25, 0.3) is 0 Å². The van der Waals surface area contributed by atoms with Gasteiger partial charge >= 0.3 is 0 Å². The van der Waals surface area contributed by atoms with Crippen molar-refractivity contribution in [2.75, 3.05) is 13.2 Å². The molecule has 0 spiro atoms. The molecular formula is C3H7NO3. The lowest BCUT2D eigenvalue weighted by Gasteiger charge is -2.09. The fraction of sp³-hybridized carbons (Fsp3) is 1.00. The van der Waals surface area contributed by atoms with Crippen LogP contribution in [0.3, 0.4) is 0 Å². The molecule has 0 aromatic carbocycles. The van der Waals surface area contributed by atoms with Gasteiger partial charge in [0.25, 0.3) is 0 Å². The first-order valence-corrected chi connectivity index (χ1v) is 1.96. The molecule has 0 atom stereocenters. The zero-order chi connectivity index (χ0) is 5.54. The highest BCUT2D eigenvalue weighted by atomic mass is 16.6. The fourth-order valence-corrected chi connectivity index (χ4v) is 0.144. The minimum atomic E-state index is 1.00. The summed E-state index contributed by atoms with van der Waals surface area (Å²) < 4.78 is 4.72. The Morgan fingerprint density at radius 3 is 1.71 bits per heavy atom. The van der Waals surface area contributed by atoms with E-state index in [1.165, 1.54) is 11.8 Å². The van der Waals surface area contributed by atoms with E-state index in [1.807, 2.05) is 0 Å². The normalized spacial score (nSPS) is 15.4. The van der Waals surface area contributed by atoms with Gasteiger partial charge in [0.2, 0.25) is 0 Å². The van der Waals surface area contributed by atoms with Gasteiger partial charge in [0.05, 0.1) is 0 Å². The van der Waals surface area contributed by atoms with Crippen LogP contribution in [0.15, 0.2) is 5.34 Å². The van der Waals surface area contributed by atoms with Crippen molar-refractivity contribution in [1.29, 1.82) is 0 Å². The Hall–Kier alpha value is -0.640. The molecule has 0 unspecified atom stereocenters. The zero-order valence-corrected chi connectivity index (χ0v) is 3.83. The van der Waals surface area contributed by atoms with Gasteiger partial charge in [-0.3, -0.25) is 0 Å². The van der Waals surface area contributed by atoms with E-state index in [-0.39, 0.29) is 0 Å². The lowest BCUT2D eigenvalue weighted by Crippen LogP contribution is -2.09. The quantitative estimate of drug-likeness (QED) is 0.361. The molecule has 0 bridgehead atoms. The lowest BCUT2D eigenvalue weighted by molar-refractivity contribution is 0.0367. The van der Waals surface area contributed by atoms with Gasteiger partial charge in [0, 0.05) is 13.2 Å².